The predicted octanol–water partition coefficient (Wildman–Crippen LogP) is 3.40. The van der Waals surface area contributed by atoms with Crippen molar-refractivity contribution in [3.05, 3.63) is 76.9 Å². The van der Waals surface area contributed by atoms with Crippen LogP contribution in [0.2, 0.25) is 0 Å². The molecule has 3 saturated heterocycles. The van der Waals surface area contributed by atoms with E-state index < -0.39 is 11.9 Å². The maximum absolute atomic E-state index is 13.2. The number of benzene rings is 1. The maximum atomic E-state index is 13.2. The fraction of sp³-hybridized carbons (Fsp3) is 0.378. The summed E-state index contributed by atoms with van der Waals surface area (Å²) in [7, 11) is 2.14. The smallest absolute Gasteiger partial charge is 0.259 e. The van der Waals surface area contributed by atoms with Crippen LogP contribution in [0.1, 0.15) is 82.1 Å². The normalized spacial score (nSPS) is 21.3. The highest BCUT2D eigenvalue weighted by Gasteiger charge is 2.39. The molecule has 4 aromatic rings. The number of nitrogens with zero attached hydrogens (tertiary/aromatic N) is 6. The number of rotatable bonds is 5. The second-order valence-corrected chi connectivity index (χ2v) is 13.5. The van der Waals surface area contributed by atoms with Crippen molar-refractivity contribution in [2.75, 3.05) is 36.9 Å². The van der Waals surface area contributed by atoms with Gasteiger partial charge in [0.2, 0.25) is 17.8 Å². The largest absolute Gasteiger partial charge is 0.357 e. The molecule has 8 rings (SSSR count). The van der Waals surface area contributed by atoms with Crippen molar-refractivity contribution < 1.29 is 19.2 Å². The second kappa shape index (κ2) is 13.0. The standard InChI is InChI=1S/C37H37N9O4/c1-44-13-3-6-30(44)29-16-24-18-38-32(17-28(24)41-29)42-34(48)25-19-39-37(40-20-25)45-14-11-22(12-15-45)7-8-23-4-2-5-26-27(23)21-46(36(26)50)31-9-10-33(47)43-35(31)49/h2,4-5,16-20,22,30-31,41H,3,6,9-15,21H2,1H3,(H,38,42,48)(H,43,47,49)/t30-,31?/m1/s1. The SMILES string of the molecule is CN1CCC[C@@H]1c1cc2cnc(NC(=O)c3cnc(N4CCC(C#Cc5cccc6c5CN(C5CCC(=O)NC5=O)C6=O)CC4)nc3)cc2[nH]1. The number of H-pyrrole nitrogens is 1. The first-order chi connectivity index (χ1) is 24.3. The van der Waals surface area contributed by atoms with Gasteiger partial charge in [0, 0.05) is 84.9 Å². The topological polar surface area (TPSA) is 157 Å². The average Bonchev–Trinajstić information content (AvgIpc) is 3.84. The Bertz CT molecular complexity index is 2070. The Morgan fingerprint density at radius 1 is 0.960 bits per heavy atom. The summed E-state index contributed by atoms with van der Waals surface area (Å²) in [6, 6.07) is 9.22. The van der Waals surface area contributed by atoms with Gasteiger partial charge in [-0.1, -0.05) is 17.9 Å². The molecule has 4 aliphatic rings. The number of aromatic amines is 1. The number of aromatic nitrogens is 4. The molecule has 0 radical (unpaired) electrons. The Kier molecular flexibility index (Phi) is 8.24. The Morgan fingerprint density at radius 2 is 1.78 bits per heavy atom. The third kappa shape index (κ3) is 6.07. The quantitative estimate of drug-likeness (QED) is 0.214. The molecule has 1 aromatic carbocycles. The molecule has 0 spiro atoms. The molecule has 2 atom stereocenters. The highest BCUT2D eigenvalue weighted by atomic mass is 16.2. The Morgan fingerprint density at radius 3 is 2.54 bits per heavy atom. The lowest BCUT2D eigenvalue weighted by molar-refractivity contribution is -0.136. The zero-order valence-electron chi connectivity index (χ0n) is 27.7. The molecule has 3 N–H and O–H groups in total. The van der Waals surface area contributed by atoms with Gasteiger partial charge >= 0.3 is 0 Å². The second-order valence-electron chi connectivity index (χ2n) is 13.5. The van der Waals surface area contributed by atoms with Crippen LogP contribution in [0.15, 0.2) is 48.9 Å². The lowest BCUT2D eigenvalue weighted by Gasteiger charge is -2.29. The minimum atomic E-state index is -0.655. The van der Waals surface area contributed by atoms with E-state index in [0.717, 1.165) is 60.9 Å². The third-order valence-electron chi connectivity index (χ3n) is 10.3. The monoisotopic (exact) mass is 671 g/mol. The molecule has 4 amide bonds. The van der Waals surface area contributed by atoms with E-state index in [1.54, 1.807) is 29.6 Å². The molecule has 3 aromatic heterocycles. The van der Waals surface area contributed by atoms with Gasteiger partial charge in [-0.3, -0.25) is 29.4 Å². The van der Waals surface area contributed by atoms with Crippen molar-refractivity contribution in [1.29, 1.82) is 0 Å². The molecule has 50 heavy (non-hydrogen) atoms. The van der Waals surface area contributed by atoms with Crippen molar-refractivity contribution in [2.24, 2.45) is 5.92 Å². The molecular formula is C37H37N9O4. The first-order valence-electron chi connectivity index (χ1n) is 17.2. The highest BCUT2D eigenvalue weighted by Crippen LogP contribution is 2.33. The van der Waals surface area contributed by atoms with Crippen molar-refractivity contribution in [1.82, 2.24) is 35.1 Å². The van der Waals surface area contributed by atoms with Crippen LogP contribution in [0.4, 0.5) is 11.8 Å². The predicted molar refractivity (Wildman–Crippen MR) is 185 cm³/mol. The van der Waals surface area contributed by atoms with Crippen molar-refractivity contribution in [3.8, 4) is 11.8 Å². The zero-order valence-corrected chi connectivity index (χ0v) is 27.7. The molecule has 1 unspecified atom stereocenters. The van der Waals surface area contributed by atoms with Gasteiger partial charge in [-0.25, -0.2) is 15.0 Å². The lowest BCUT2D eigenvalue weighted by atomic mass is 9.96. The number of piperidine rings is 2. The molecule has 7 heterocycles. The summed E-state index contributed by atoms with van der Waals surface area (Å²) in [6.45, 7) is 2.83. The van der Waals surface area contributed by atoms with Gasteiger partial charge < -0.3 is 20.1 Å². The molecule has 13 nitrogen and oxygen atoms in total. The number of carbonyl (C=O) groups excluding carboxylic acids is 4. The van der Waals surface area contributed by atoms with Gasteiger partial charge in [0.25, 0.3) is 11.8 Å². The highest BCUT2D eigenvalue weighted by molar-refractivity contribution is 6.06. The molecule has 13 heteroatoms. The summed E-state index contributed by atoms with van der Waals surface area (Å²) in [4.78, 5) is 73.1. The van der Waals surface area contributed by atoms with Crippen molar-refractivity contribution >= 4 is 46.3 Å². The zero-order chi connectivity index (χ0) is 34.4. The minimum Gasteiger partial charge on any atom is -0.357 e. The van der Waals surface area contributed by atoms with E-state index in [0.29, 0.717) is 41.9 Å². The fourth-order valence-electron chi connectivity index (χ4n) is 7.50. The van der Waals surface area contributed by atoms with Gasteiger partial charge in [-0.05, 0) is 69.5 Å². The Balaban J connectivity index is 0.864. The summed E-state index contributed by atoms with van der Waals surface area (Å²) in [5.41, 5.74) is 4.62. The number of anilines is 2. The summed E-state index contributed by atoms with van der Waals surface area (Å²) in [5, 5.41) is 6.23. The number of nitrogens with one attached hydrogen (secondary N) is 3. The molecule has 0 aliphatic carbocycles. The van der Waals surface area contributed by atoms with Gasteiger partial charge in [0.05, 0.1) is 11.1 Å². The Labute approximate surface area is 288 Å². The first kappa shape index (κ1) is 31.6. The van der Waals surface area contributed by atoms with E-state index in [4.69, 9.17) is 0 Å². The molecule has 0 bridgehead atoms. The summed E-state index contributed by atoms with van der Waals surface area (Å²) >= 11 is 0. The van der Waals surface area contributed by atoms with Crippen LogP contribution in [-0.4, -0.2) is 86.1 Å². The summed E-state index contributed by atoms with van der Waals surface area (Å²) < 4.78 is 0. The third-order valence-corrected chi connectivity index (χ3v) is 10.3. The van der Waals surface area contributed by atoms with E-state index in [-0.39, 0.29) is 30.1 Å². The van der Waals surface area contributed by atoms with Gasteiger partial charge in [-0.2, -0.15) is 0 Å². The van der Waals surface area contributed by atoms with Gasteiger partial charge in [-0.15, -0.1) is 0 Å². The number of carbonyl (C=O) groups is 4. The molecule has 0 saturated carbocycles. The number of hydrogen-bond donors (Lipinski definition) is 3. The van der Waals surface area contributed by atoms with E-state index in [1.165, 1.54) is 12.1 Å². The van der Waals surface area contributed by atoms with Gasteiger partial charge in [0.1, 0.15) is 11.9 Å². The number of pyridine rings is 1. The fourth-order valence-corrected chi connectivity index (χ4v) is 7.50. The molecular weight excluding hydrogens is 634 g/mol. The Hall–Kier alpha value is -5.61. The molecule has 4 aliphatic heterocycles. The van der Waals surface area contributed by atoms with Crippen LogP contribution < -0.4 is 15.5 Å². The maximum Gasteiger partial charge on any atom is 0.259 e. The lowest BCUT2D eigenvalue weighted by Crippen LogP contribution is -2.52. The minimum absolute atomic E-state index is 0.162. The molecule has 254 valence electrons. The number of amides is 4. The summed E-state index contributed by atoms with van der Waals surface area (Å²) in [5.74, 6) is 6.65. The van der Waals surface area contributed by atoms with Crippen LogP contribution >= 0.6 is 0 Å². The van der Waals surface area contributed by atoms with Crippen LogP contribution in [0, 0.1) is 17.8 Å². The van der Waals surface area contributed by atoms with Gasteiger partial charge in [0.15, 0.2) is 0 Å². The van der Waals surface area contributed by atoms with E-state index >= 15 is 0 Å². The van der Waals surface area contributed by atoms with Crippen LogP contribution in [0.5, 0.6) is 0 Å². The van der Waals surface area contributed by atoms with Crippen molar-refractivity contribution in [2.45, 2.75) is 57.2 Å². The summed E-state index contributed by atoms with van der Waals surface area (Å²) in [6.07, 6.45) is 9.35. The van der Waals surface area contributed by atoms with Crippen LogP contribution in [0.3, 0.4) is 0 Å². The molecule has 3 fully saturated rings. The van der Waals surface area contributed by atoms with E-state index in [9.17, 15) is 19.2 Å². The number of hydrogen-bond acceptors (Lipinski definition) is 9. The van der Waals surface area contributed by atoms with Crippen LogP contribution in [0.25, 0.3) is 10.9 Å². The number of likely N-dealkylation sites (tertiary alicyclic amines) is 1. The van der Waals surface area contributed by atoms with Crippen molar-refractivity contribution in [3.63, 3.8) is 0 Å². The number of imide groups is 1. The number of fused-ring (bicyclic) bond motifs is 2. The first-order valence-corrected chi connectivity index (χ1v) is 17.2. The average molecular weight is 672 g/mol. The van der Waals surface area contributed by atoms with E-state index in [1.807, 2.05) is 18.2 Å². The van der Waals surface area contributed by atoms with Crippen LogP contribution in [-0.2, 0) is 16.1 Å². The van der Waals surface area contributed by atoms with E-state index in [2.05, 4.69) is 65.3 Å².